The fourth-order valence-electron chi connectivity index (χ4n) is 5.73. The minimum atomic E-state index is 0.210. The van der Waals surface area contributed by atoms with Crippen molar-refractivity contribution in [3.8, 4) is 0 Å². The van der Waals surface area contributed by atoms with E-state index in [1.807, 2.05) is 6.07 Å². The molecule has 1 aromatic heterocycles. The molecule has 4 aromatic carbocycles. The van der Waals surface area contributed by atoms with Crippen LogP contribution in [-0.4, -0.2) is 5.71 Å². The summed E-state index contributed by atoms with van der Waals surface area (Å²) in [5.41, 5.74) is 10.5. The molecule has 5 aromatic rings. The minimum Gasteiger partial charge on any atom is -0.455 e. The van der Waals surface area contributed by atoms with E-state index < -0.39 is 0 Å². The van der Waals surface area contributed by atoms with Gasteiger partial charge in [0.1, 0.15) is 11.2 Å². The summed E-state index contributed by atoms with van der Waals surface area (Å²) in [6, 6.07) is 22.1. The van der Waals surface area contributed by atoms with Crippen LogP contribution >= 0.6 is 0 Å². The van der Waals surface area contributed by atoms with Crippen molar-refractivity contribution in [3.05, 3.63) is 88.5 Å². The largest absolute Gasteiger partial charge is 0.455 e. The van der Waals surface area contributed by atoms with Crippen molar-refractivity contribution in [1.82, 2.24) is 0 Å². The molecule has 2 heterocycles. The zero-order valence-electron chi connectivity index (χ0n) is 21.6. The van der Waals surface area contributed by atoms with Gasteiger partial charge in [-0.05, 0) is 83.5 Å². The number of hydrogen-bond acceptors (Lipinski definition) is 2. The zero-order chi connectivity index (χ0) is 24.5. The fraction of sp³-hybridized carbons (Fsp3) is 0.303. The number of fused-ring (bicyclic) bond motifs is 3. The molecule has 0 spiro atoms. The van der Waals surface area contributed by atoms with E-state index in [0.717, 1.165) is 51.7 Å². The lowest BCUT2D eigenvalue weighted by Gasteiger charge is -2.20. The van der Waals surface area contributed by atoms with Crippen LogP contribution < -0.4 is 0 Å². The maximum absolute atomic E-state index is 6.45. The van der Waals surface area contributed by atoms with Crippen LogP contribution in [0.5, 0.6) is 0 Å². The van der Waals surface area contributed by atoms with Crippen LogP contribution in [-0.2, 0) is 12.8 Å². The molecule has 0 bridgehead atoms. The van der Waals surface area contributed by atoms with Gasteiger partial charge in [-0.15, -0.1) is 0 Å². The van der Waals surface area contributed by atoms with Gasteiger partial charge in [0.15, 0.2) is 0 Å². The number of hydrogen-bond donors (Lipinski definition) is 0. The summed E-state index contributed by atoms with van der Waals surface area (Å²) >= 11 is 0. The quantitative estimate of drug-likeness (QED) is 0.258. The molecule has 0 radical (unpaired) electrons. The van der Waals surface area contributed by atoms with Gasteiger partial charge >= 0.3 is 0 Å². The lowest BCUT2D eigenvalue weighted by Crippen LogP contribution is -2.10. The van der Waals surface area contributed by atoms with E-state index in [1.54, 1.807) is 0 Å². The van der Waals surface area contributed by atoms with Crippen LogP contribution in [0, 0.1) is 18.3 Å². The van der Waals surface area contributed by atoms with Crippen molar-refractivity contribution in [3.63, 3.8) is 0 Å². The van der Waals surface area contributed by atoms with Gasteiger partial charge in [0.2, 0.25) is 0 Å². The molecule has 2 nitrogen and oxygen atoms in total. The number of nitrogens with zero attached hydrogens (tertiary/aromatic N) is 1. The molecule has 2 heteroatoms. The van der Waals surface area contributed by atoms with Gasteiger partial charge in [0, 0.05) is 27.3 Å². The van der Waals surface area contributed by atoms with Crippen molar-refractivity contribution in [2.45, 2.75) is 54.4 Å². The standard InChI is InChI=1S/C33H33NO/c1-19(2)13-22-11-12-28-30-24(22)16-21(18-33(4,5)6)17-26(30)31(34-28)27-15-20(3)14-25-23-9-7-8-10-29(23)35-32(25)27/h7-12,14-17,19H,13,18H2,1-6H3. The Morgan fingerprint density at radius 2 is 1.66 bits per heavy atom. The third-order valence-corrected chi connectivity index (χ3v) is 6.97. The molecule has 0 saturated carbocycles. The summed E-state index contributed by atoms with van der Waals surface area (Å²) < 4.78 is 6.45. The van der Waals surface area contributed by atoms with E-state index in [0.29, 0.717) is 5.92 Å². The fourth-order valence-corrected chi connectivity index (χ4v) is 5.73. The molecule has 6 rings (SSSR count). The second-order valence-corrected chi connectivity index (χ2v) is 11.9. The average Bonchev–Trinajstić information content (AvgIpc) is 3.33. The SMILES string of the molecule is Cc1cc(C2=Nc3ccc(CC(C)C)c4cc(CC(C)(C)C)cc2c34)c2oc3ccccc3c2c1. The highest BCUT2D eigenvalue weighted by Gasteiger charge is 2.26. The monoisotopic (exact) mass is 459 g/mol. The number of para-hydroxylation sites is 1. The van der Waals surface area contributed by atoms with Crippen LogP contribution in [0.15, 0.2) is 70.1 Å². The van der Waals surface area contributed by atoms with Crippen molar-refractivity contribution >= 4 is 44.1 Å². The number of rotatable bonds is 4. The molecule has 0 saturated heterocycles. The molecule has 0 N–H and O–H groups in total. The first-order valence-electron chi connectivity index (χ1n) is 12.8. The Hall–Kier alpha value is -3.39. The lowest BCUT2D eigenvalue weighted by atomic mass is 9.84. The molecule has 1 aliphatic heterocycles. The van der Waals surface area contributed by atoms with E-state index in [2.05, 4.69) is 96.1 Å². The van der Waals surface area contributed by atoms with Gasteiger partial charge in [0.05, 0.1) is 11.4 Å². The Morgan fingerprint density at radius 1 is 0.857 bits per heavy atom. The highest BCUT2D eigenvalue weighted by Crippen LogP contribution is 2.43. The molecule has 0 aliphatic carbocycles. The van der Waals surface area contributed by atoms with E-state index in [9.17, 15) is 0 Å². The first-order valence-corrected chi connectivity index (χ1v) is 12.8. The summed E-state index contributed by atoms with van der Waals surface area (Å²) in [5.74, 6) is 0.604. The van der Waals surface area contributed by atoms with Crippen molar-refractivity contribution in [2.75, 3.05) is 0 Å². The molecule has 35 heavy (non-hydrogen) atoms. The Bertz CT molecular complexity index is 1660. The van der Waals surface area contributed by atoms with E-state index in [1.165, 1.54) is 33.0 Å². The molecular weight excluding hydrogens is 426 g/mol. The highest BCUT2D eigenvalue weighted by molar-refractivity contribution is 6.30. The summed E-state index contributed by atoms with van der Waals surface area (Å²) in [6.45, 7) is 13.7. The second-order valence-electron chi connectivity index (χ2n) is 11.9. The summed E-state index contributed by atoms with van der Waals surface area (Å²) in [4.78, 5) is 5.24. The molecule has 176 valence electrons. The molecule has 1 aliphatic rings. The summed E-state index contributed by atoms with van der Waals surface area (Å²) in [5, 5.41) is 4.98. The smallest absolute Gasteiger partial charge is 0.144 e. The number of aryl methyl sites for hydroxylation is 1. The van der Waals surface area contributed by atoms with Gasteiger partial charge in [-0.1, -0.05) is 65.0 Å². The van der Waals surface area contributed by atoms with Gasteiger partial charge in [-0.3, -0.25) is 0 Å². The predicted octanol–water partition coefficient (Wildman–Crippen LogP) is 9.32. The third kappa shape index (κ3) is 3.76. The van der Waals surface area contributed by atoms with E-state index >= 15 is 0 Å². The van der Waals surface area contributed by atoms with Crippen LogP contribution in [0.2, 0.25) is 0 Å². The van der Waals surface area contributed by atoms with Gasteiger partial charge < -0.3 is 4.42 Å². The van der Waals surface area contributed by atoms with Crippen LogP contribution in [0.1, 0.15) is 62.4 Å². The Morgan fingerprint density at radius 3 is 2.43 bits per heavy atom. The normalized spacial score (nSPS) is 13.5. The first-order chi connectivity index (χ1) is 16.7. The van der Waals surface area contributed by atoms with E-state index in [4.69, 9.17) is 9.41 Å². The summed E-state index contributed by atoms with van der Waals surface area (Å²) in [6.07, 6.45) is 2.10. The highest BCUT2D eigenvalue weighted by atomic mass is 16.3. The van der Waals surface area contributed by atoms with Gasteiger partial charge in [-0.2, -0.15) is 0 Å². The molecule has 0 atom stereocenters. The van der Waals surface area contributed by atoms with Gasteiger partial charge in [0.25, 0.3) is 0 Å². The zero-order valence-corrected chi connectivity index (χ0v) is 21.6. The first kappa shape index (κ1) is 22.1. The Balaban J connectivity index is 1.64. The second kappa shape index (κ2) is 7.81. The lowest BCUT2D eigenvalue weighted by molar-refractivity contribution is 0.411. The molecule has 0 unspecified atom stereocenters. The minimum absolute atomic E-state index is 0.210. The van der Waals surface area contributed by atoms with Crippen LogP contribution in [0.25, 0.3) is 32.7 Å². The third-order valence-electron chi connectivity index (χ3n) is 6.97. The van der Waals surface area contributed by atoms with Crippen molar-refractivity contribution < 1.29 is 4.42 Å². The van der Waals surface area contributed by atoms with Crippen LogP contribution in [0.3, 0.4) is 0 Å². The van der Waals surface area contributed by atoms with Gasteiger partial charge in [-0.25, -0.2) is 4.99 Å². The summed E-state index contributed by atoms with van der Waals surface area (Å²) in [7, 11) is 0. The number of furan rings is 1. The van der Waals surface area contributed by atoms with E-state index in [-0.39, 0.29) is 5.41 Å². The molecule has 0 amide bonds. The van der Waals surface area contributed by atoms with Crippen molar-refractivity contribution in [1.29, 1.82) is 0 Å². The maximum atomic E-state index is 6.45. The predicted molar refractivity (Wildman–Crippen MR) is 149 cm³/mol. The topological polar surface area (TPSA) is 25.5 Å². The molecular formula is C33H33NO. The van der Waals surface area contributed by atoms with Crippen LogP contribution in [0.4, 0.5) is 5.69 Å². The number of benzene rings is 4. The number of aliphatic imine (C=N–C) groups is 1. The maximum Gasteiger partial charge on any atom is 0.144 e. The Labute approximate surface area is 207 Å². The Kier molecular flexibility index (Phi) is 4.93. The van der Waals surface area contributed by atoms with Crippen molar-refractivity contribution in [2.24, 2.45) is 16.3 Å². The average molecular weight is 460 g/mol. The molecule has 0 fully saturated rings.